The number of rotatable bonds is 28. The second-order valence-electron chi connectivity index (χ2n) is 12.0. The molecule has 0 amide bonds. The number of ether oxygens (including phenoxy) is 3. The largest absolute Gasteiger partial charge is 0.477 e. The number of quaternary nitrogens is 1. The molecule has 0 aliphatic heterocycles. The van der Waals surface area contributed by atoms with Crippen molar-refractivity contribution in [2.45, 2.75) is 122 Å². The maximum Gasteiger partial charge on any atom is 0.362 e. The number of carboxylic acid groups (broad SMARTS) is 1. The Balaban J connectivity index is 4.62. The van der Waals surface area contributed by atoms with Crippen molar-refractivity contribution in [3.05, 3.63) is 48.6 Å². The van der Waals surface area contributed by atoms with E-state index in [9.17, 15) is 19.5 Å². The maximum absolute atomic E-state index is 12.5. The van der Waals surface area contributed by atoms with Crippen molar-refractivity contribution in [1.82, 2.24) is 0 Å². The minimum Gasteiger partial charge on any atom is -0.477 e. The van der Waals surface area contributed by atoms with E-state index in [4.69, 9.17) is 14.2 Å². The number of carbonyl (C=O) groups is 3. The number of nitrogens with zero attached hydrogens (tertiary/aromatic N) is 1. The number of carboxylic acids is 1. The molecule has 252 valence electrons. The number of esters is 2. The third kappa shape index (κ3) is 25.8. The molecule has 8 heteroatoms. The molecule has 0 aliphatic carbocycles. The van der Waals surface area contributed by atoms with Crippen LogP contribution in [0, 0.1) is 0 Å². The number of hydrogen-bond donors (Lipinski definition) is 1. The Bertz CT molecular complexity index is 870. The summed E-state index contributed by atoms with van der Waals surface area (Å²) in [6.45, 7) is 4.41. The lowest BCUT2D eigenvalue weighted by molar-refractivity contribution is -0.887. The minimum absolute atomic E-state index is 0.0193. The number of allylic oxidation sites excluding steroid dienone is 8. The fourth-order valence-electron chi connectivity index (χ4n) is 4.38. The molecule has 0 fully saturated rings. The van der Waals surface area contributed by atoms with Crippen LogP contribution in [0.3, 0.4) is 0 Å². The number of hydrogen-bond acceptors (Lipinski definition) is 6. The van der Waals surface area contributed by atoms with Crippen LogP contribution in [0.5, 0.6) is 0 Å². The molecule has 0 bridgehead atoms. The van der Waals surface area contributed by atoms with Gasteiger partial charge in [-0.2, -0.15) is 0 Å². The third-order valence-electron chi connectivity index (χ3n) is 6.99. The van der Waals surface area contributed by atoms with Crippen LogP contribution >= 0.6 is 0 Å². The van der Waals surface area contributed by atoms with Gasteiger partial charge in [0.1, 0.15) is 6.61 Å². The van der Waals surface area contributed by atoms with E-state index in [0.29, 0.717) is 19.3 Å². The van der Waals surface area contributed by atoms with Gasteiger partial charge in [-0.15, -0.1) is 0 Å². The molecular weight excluding hydrogens is 558 g/mol. The number of aliphatic carboxylic acids is 1. The third-order valence-corrected chi connectivity index (χ3v) is 6.99. The Labute approximate surface area is 267 Å². The van der Waals surface area contributed by atoms with Crippen LogP contribution in [-0.4, -0.2) is 80.6 Å². The van der Waals surface area contributed by atoms with Gasteiger partial charge >= 0.3 is 17.9 Å². The van der Waals surface area contributed by atoms with E-state index >= 15 is 0 Å². The summed E-state index contributed by atoms with van der Waals surface area (Å²) in [6, 6.07) is -0.628. The first-order chi connectivity index (χ1) is 21.1. The van der Waals surface area contributed by atoms with Gasteiger partial charge in [0, 0.05) is 19.3 Å². The smallest absolute Gasteiger partial charge is 0.362 e. The van der Waals surface area contributed by atoms with Crippen molar-refractivity contribution in [3.63, 3.8) is 0 Å². The zero-order chi connectivity index (χ0) is 32.9. The van der Waals surface area contributed by atoms with Gasteiger partial charge in [0.15, 0.2) is 12.1 Å². The molecule has 0 aromatic rings. The van der Waals surface area contributed by atoms with E-state index in [1.807, 2.05) is 39.4 Å². The van der Waals surface area contributed by atoms with Gasteiger partial charge in [0.25, 0.3) is 0 Å². The first kappa shape index (κ1) is 41.3. The summed E-state index contributed by atoms with van der Waals surface area (Å²) in [6.07, 6.45) is 29.3. The van der Waals surface area contributed by atoms with Gasteiger partial charge in [-0.25, -0.2) is 4.79 Å². The second-order valence-corrected chi connectivity index (χ2v) is 12.0. The highest BCUT2D eigenvalue weighted by Gasteiger charge is 2.31. The average molecular weight is 621 g/mol. The van der Waals surface area contributed by atoms with Crippen molar-refractivity contribution >= 4 is 17.9 Å². The topological polar surface area (TPSA) is 99.1 Å². The Morgan fingerprint density at radius 2 is 1.27 bits per heavy atom. The molecule has 0 saturated heterocycles. The fourth-order valence-corrected chi connectivity index (χ4v) is 4.38. The zero-order valence-electron chi connectivity index (χ0n) is 28.3. The summed E-state index contributed by atoms with van der Waals surface area (Å²) in [5.74, 6) is -1.66. The molecule has 0 rings (SSSR count). The van der Waals surface area contributed by atoms with Crippen LogP contribution in [0.15, 0.2) is 48.6 Å². The lowest BCUT2D eigenvalue weighted by Crippen LogP contribution is -2.50. The van der Waals surface area contributed by atoms with E-state index in [2.05, 4.69) is 44.2 Å². The summed E-state index contributed by atoms with van der Waals surface area (Å²) < 4.78 is 16.9. The van der Waals surface area contributed by atoms with Crippen LogP contribution in [0.4, 0.5) is 0 Å². The normalized spacial score (nSPS) is 13.8. The monoisotopic (exact) mass is 620 g/mol. The molecule has 2 unspecified atom stereocenters. The number of likely N-dealkylation sites (N-methyl/N-ethyl adjacent to an activating group) is 1. The van der Waals surface area contributed by atoms with Crippen LogP contribution < -0.4 is 0 Å². The van der Waals surface area contributed by atoms with Gasteiger partial charge in [-0.3, -0.25) is 9.59 Å². The molecule has 0 aliphatic rings. The SMILES string of the molecule is CC/C=C/C/C=C/CCC(=O)OCC(COCCC(C(=O)O)[N+](C)(C)C)OC(=O)CC/C=C/C/C=C/CCCCCCCC. The molecule has 1 N–H and O–H groups in total. The highest BCUT2D eigenvalue weighted by atomic mass is 16.6. The predicted molar refractivity (Wildman–Crippen MR) is 178 cm³/mol. The van der Waals surface area contributed by atoms with Crippen LogP contribution in [0.2, 0.25) is 0 Å². The van der Waals surface area contributed by atoms with E-state index in [1.54, 1.807) is 0 Å². The Kier molecular flexibility index (Phi) is 26.1. The van der Waals surface area contributed by atoms with Crippen LogP contribution in [0.25, 0.3) is 0 Å². The highest BCUT2D eigenvalue weighted by Crippen LogP contribution is 2.10. The molecule has 0 aromatic heterocycles. The van der Waals surface area contributed by atoms with Gasteiger partial charge in [-0.05, 0) is 44.9 Å². The second kappa shape index (κ2) is 27.8. The average Bonchev–Trinajstić information content (AvgIpc) is 2.96. The summed E-state index contributed by atoms with van der Waals surface area (Å²) in [5, 5.41) is 9.53. The molecule has 8 nitrogen and oxygen atoms in total. The van der Waals surface area contributed by atoms with Crippen molar-refractivity contribution in [2.75, 3.05) is 41.0 Å². The van der Waals surface area contributed by atoms with Crippen LogP contribution in [0.1, 0.15) is 110 Å². The minimum atomic E-state index is -0.894. The predicted octanol–water partition coefficient (Wildman–Crippen LogP) is 7.73. The molecule has 0 radical (unpaired) electrons. The molecule has 0 heterocycles. The molecule has 0 saturated carbocycles. The maximum atomic E-state index is 12.5. The van der Waals surface area contributed by atoms with Gasteiger partial charge in [0.2, 0.25) is 0 Å². The van der Waals surface area contributed by atoms with Crippen molar-refractivity contribution in [3.8, 4) is 0 Å². The van der Waals surface area contributed by atoms with E-state index < -0.39 is 24.1 Å². The van der Waals surface area contributed by atoms with Crippen molar-refractivity contribution < 1.29 is 38.2 Å². The molecular formula is C36H62NO7+. The summed E-state index contributed by atoms with van der Waals surface area (Å²) in [7, 11) is 5.46. The summed E-state index contributed by atoms with van der Waals surface area (Å²) in [4.78, 5) is 36.4. The molecule has 44 heavy (non-hydrogen) atoms. The Morgan fingerprint density at radius 1 is 0.705 bits per heavy atom. The number of unbranched alkanes of at least 4 members (excludes halogenated alkanes) is 6. The molecule has 2 atom stereocenters. The Morgan fingerprint density at radius 3 is 1.86 bits per heavy atom. The Hall–Kier alpha value is -2.71. The van der Waals surface area contributed by atoms with E-state index in [0.717, 1.165) is 25.7 Å². The summed E-state index contributed by atoms with van der Waals surface area (Å²) in [5.41, 5.74) is 0. The quantitative estimate of drug-likeness (QED) is 0.0413. The zero-order valence-corrected chi connectivity index (χ0v) is 28.3. The van der Waals surface area contributed by atoms with Crippen molar-refractivity contribution in [2.24, 2.45) is 0 Å². The van der Waals surface area contributed by atoms with Crippen LogP contribution in [-0.2, 0) is 28.6 Å². The fraction of sp³-hybridized carbons (Fsp3) is 0.694. The van der Waals surface area contributed by atoms with Crippen molar-refractivity contribution in [1.29, 1.82) is 0 Å². The van der Waals surface area contributed by atoms with Gasteiger partial charge in [0.05, 0.1) is 34.4 Å². The van der Waals surface area contributed by atoms with E-state index in [1.165, 1.54) is 38.5 Å². The van der Waals surface area contributed by atoms with Gasteiger partial charge < -0.3 is 23.8 Å². The highest BCUT2D eigenvalue weighted by molar-refractivity contribution is 5.72. The standard InChI is InChI=1S/C36H61NO7/c1-6-8-10-12-14-15-16-17-18-19-21-23-25-27-35(39)44-32(30-42-29-28-33(36(40)41)37(3,4)5)31-43-34(38)26-24-22-20-13-11-9-7-2/h9,11,17-18,20-23,32-33H,6-8,10,12-16,19,24-31H2,1-5H3/p+1/b11-9+,18-17+,22-20+,23-21+. The number of carbonyl (C=O) groups excluding carboxylic acids is 2. The summed E-state index contributed by atoms with van der Waals surface area (Å²) >= 11 is 0. The molecule has 0 spiro atoms. The first-order valence-corrected chi connectivity index (χ1v) is 16.7. The lowest BCUT2D eigenvalue weighted by atomic mass is 10.1. The molecule has 0 aromatic carbocycles. The van der Waals surface area contributed by atoms with E-state index in [-0.39, 0.29) is 43.1 Å². The lowest BCUT2D eigenvalue weighted by Gasteiger charge is -2.31. The van der Waals surface area contributed by atoms with Gasteiger partial charge in [-0.1, -0.05) is 94.6 Å². The first-order valence-electron chi connectivity index (χ1n) is 16.7.